The van der Waals surface area contributed by atoms with Crippen LogP contribution in [0.5, 0.6) is 0 Å². The summed E-state index contributed by atoms with van der Waals surface area (Å²) in [5.74, 6) is 0.432. The minimum absolute atomic E-state index is 0.240. The van der Waals surface area contributed by atoms with Crippen molar-refractivity contribution in [1.29, 1.82) is 0 Å². The number of hydrogen-bond acceptors (Lipinski definition) is 4. The molecule has 234 valence electrons. The lowest BCUT2D eigenvalue weighted by Crippen LogP contribution is -2.28. The predicted octanol–water partition coefficient (Wildman–Crippen LogP) is 10.3. The van der Waals surface area contributed by atoms with E-state index in [1.807, 2.05) is 0 Å². The van der Waals surface area contributed by atoms with Crippen molar-refractivity contribution in [2.75, 3.05) is 14.2 Å². The molecule has 2 saturated carbocycles. The lowest BCUT2D eigenvalue weighted by atomic mass is 9.66. The third-order valence-electron chi connectivity index (χ3n) is 11.0. The van der Waals surface area contributed by atoms with Crippen molar-refractivity contribution in [3.05, 3.63) is 79.9 Å². The quantitative estimate of drug-likeness (QED) is 0.208. The second kappa shape index (κ2) is 12.7. The van der Waals surface area contributed by atoms with Crippen LogP contribution in [-0.2, 0) is 22.3 Å². The first-order valence-corrected chi connectivity index (χ1v) is 17.2. The maximum Gasteiger partial charge on any atom is 0.339 e. The number of methoxy groups -OCH3 is 2. The van der Waals surface area contributed by atoms with E-state index in [-0.39, 0.29) is 23.8 Å². The molecule has 3 aliphatic carbocycles. The minimum Gasteiger partial charge on any atom is -0.465 e. The average molecular weight is 595 g/mol. The lowest BCUT2D eigenvalue weighted by Gasteiger charge is -2.38. The van der Waals surface area contributed by atoms with E-state index in [2.05, 4.69) is 52.0 Å². The molecule has 0 heterocycles. The molecule has 0 atom stereocenters. The molecular weight excluding hydrogens is 544 g/mol. The zero-order valence-electron chi connectivity index (χ0n) is 27.7. The van der Waals surface area contributed by atoms with Gasteiger partial charge in [-0.2, -0.15) is 0 Å². The summed E-state index contributed by atoms with van der Waals surface area (Å²) in [6, 6.07) is 8.96. The molecule has 0 saturated heterocycles. The number of esters is 2. The average Bonchev–Trinajstić information content (AvgIpc) is 3.04. The van der Waals surface area contributed by atoms with Crippen molar-refractivity contribution in [2.45, 2.75) is 128 Å². The van der Waals surface area contributed by atoms with E-state index in [0.29, 0.717) is 23.0 Å². The first kappa shape index (κ1) is 30.9. The number of carbonyl (C=O) groups excluding carboxylic acids is 2. The number of benzene rings is 3. The van der Waals surface area contributed by atoms with Crippen LogP contribution in [0.2, 0.25) is 0 Å². The summed E-state index contributed by atoms with van der Waals surface area (Å²) < 4.78 is 11.1. The Balaban J connectivity index is 1.75. The van der Waals surface area contributed by atoms with Crippen LogP contribution < -0.4 is 0 Å². The fourth-order valence-electron chi connectivity index (χ4n) is 9.29. The highest BCUT2D eigenvalue weighted by Gasteiger charge is 2.40. The highest BCUT2D eigenvalue weighted by molar-refractivity contribution is 6.06. The van der Waals surface area contributed by atoms with Gasteiger partial charge in [-0.05, 0) is 117 Å². The topological polar surface area (TPSA) is 52.6 Å². The summed E-state index contributed by atoms with van der Waals surface area (Å²) in [6.07, 6.45) is 12.8. The number of rotatable bonds is 6. The van der Waals surface area contributed by atoms with Crippen LogP contribution in [0.1, 0.15) is 181 Å². The van der Waals surface area contributed by atoms with E-state index in [1.54, 1.807) is 0 Å². The second-order valence-electron chi connectivity index (χ2n) is 14.2. The molecule has 3 aromatic carbocycles. The van der Waals surface area contributed by atoms with Gasteiger partial charge in [0.1, 0.15) is 0 Å². The molecule has 0 aromatic heterocycles. The van der Waals surface area contributed by atoms with Gasteiger partial charge >= 0.3 is 11.9 Å². The maximum absolute atomic E-state index is 13.9. The first-order valence-electron chi connectivity index (χ1n) is 17.2. The van der Waals surface area contributed by atoms with Crippen molar-refractivity contribution in [3.63, 3.8) is 0 Å². The third-order valence-corrected chi connectivity index (χ3v) is 11.0. The zero-order chi connectivity index (χ0) is 31.1. The summed E-state index contributed by atoms with van der Waals surface area (Å²) in [7, 11) is 2.92. The Bertz CT molecular complexity index is 1460. The smallest absolute Gasteiger partial charge is 0.339 e. The van der Waals surface area contributed by atoms with E-state index >= 15 is 0 Å². The fraction of sp³-hybridized carbons (Fsp3) is 0.550. The number of ether oxygens (including phenoxy) is 2. The Morgan fingerprint density at radius 1 is 0.591 bits per heavy atom. The molecular formula is C40H50O4. The van der Waals surface area contributed by atoms with Gasteiger partial charge in [-0.1, -0.05) is 90.5 Å². The highest BCUT2D eigenvalue weighted by atomic mass is 16.5. The first-order chi connectivity index (χ1) is 21.3. The molecule has 6 rings (SSSR count). The van der Waals surface area contributed by atoms with Crippen molar-refractivity contribution in [2.24, 2.45) is 0 Å². The van der Waals surface area contributed by atoms with Gasteiger partial charge in [-0.3, -0.25) is 0 Å². The Kier molecular flexibility index (Phi) is 8.91. The fourth-order valence-corrected chi connectivity index (χ4v) is 9.29. The summed E-state index contributed by atoms with van der Waals surface area (Å²) in [5, 5.41) is 2.72. The maximum atomic E-state index is 13.9. The number of fused-ring (bicyclic) bond motifs is 3. The molecule has 0 amide bonds. The molecule has 3 aliphatic rings. The van der Waals surface area contributed by atoms with Crippen LogP contribution in [0.15, 0.2) is 24.3 Å². The van der Waals surface area contributed by atoms with Crippen LogP contribution in [0.4, 0.5) is 0 Å². The summed E-state index contributed by atoms with van der Waals surface area (Å²) in [4.78, 5) is 27.9. The molecule has 0 radical (unpaired) electrons. The Morgan fingerprint density at radius 3 is 1.27 bits per heavy atom. The normalized spacial score (nSPS) is 17.5. The largest absolute Gasteiger partial charge is 0.465 e. The van der Waals surface area contributed by atoms with Gasteiger partial charge in [-0.25, -0.2) is 9.59 Å². The molecule has 0 N–H and O–H groups in total. The van der Waals surface area contributed by atoms with Crippen LogP contribution in [0.3, 0.4) is 0 Å². The van der Waals surface area contributed by atoms with E-state index in [1.165, 1.54) is 71.2 Å². The van der Waals surface area contributed by atoms with Gasteiger partial charge in [-0.15, -0.1) is 0 Å². The minimum atomic E-state index is -0.387. The second-order valence-corrected chi connectivity index (χ2v) is 14.2. The Hall–Kier alpha value is -3.14. The highest BCUT2D eigenvalue weighted by Crippen LogP contribution is 2.51. The van der Waals surface area contributed by atoms with E-state index in [9.17, 15) is 9.59 Å². The third kappa shape index (κ3) is 5.16. The molecule has 44 heavy (non-hydrogen) atoms. The van der Waals surface area contributed by atoms with E-state index in [4.69, 9.17) is 9.47 Å². The molecule has 2 fully saturated rings. The molecule has 3 aromatic rings. The van der Waals surface area contributed by atoms with Gasteiger partial charge < -0.3 is 9.47 Å². The van der Waals surface area contributed by atoms with E-state index in [0.717, 1.165) is 75.3 Å². The monoisotopic (exact) mass is 594 g/mol. The SMILES string of the molecule is COC(=O)c1c(C(=O)OC)c(C2CCCCC2)c2c(c1C1CCCCC1)Cc1c(c(C(C)C)c3ccccc3c1C(C)C)C2. The molecule has 0 unspecified atom stereocenters. The van der Waals surface area contributed by atoms with Gasteiger partial charge in [0.25, 0.3) is 0 Å². The van der Waals surface area contributed by atoms with Crippen LogP contribution in [0, 0.1) is 0 Å². The molecule has 4 nitrogen and oxygen atoms in total. The van der Waals surface area contributed by atoms with Crippen LogP contribution in [0.25, 0.3) is 10.8 Å². The van der Waals surface area contributed by atoms with Crippen molar-refractivity contribution < 1.29 is 19.1 Å². The molecule has 0 bridgehead atoms. The van der Waals surface area contributed by atoms with Crippen LogP contribution >= 0.6 is 0 Å². The number of carbonyl (C=O) groups is 2. The summed E-state index contributed by atoms with van der Waals surface area (Å²) >= 11 is 0. The zero-order valence-corrected chi connectivity index (χ0v) is 27.7. The van der Waals surface area contributed by atoms with E-state index < -0.39 is 0 Å². The van der Waals surface area contributed by atoms with Crippen molar-refractivity contribution in [3.8, 4) is 0 Å². The Morgan fingerprint density at radius 2 is 0.955 bits per heavy atom. The standard InChI is InChI=1S/C40H50O4/c1-23(2)33-27-19-13-14-20-28(27)34(24(3)4)30-22-32-31(21-29(30)33)35(25-15-9-7-10-16-25)37(39(41)43-5)38(40(42)44-6)36(32)26-17-11-8-12-18-26/h13-14,19-20,23-26H,7-12,15-18,21-22H2,1-6H3. The number of hydrogen-bond donors (Lipinski definition) is 0. The predicted molar refractivity (Wildman–Crippen MR) is 179 cm³/mol. The van der Waals surface area contributed by atoms with Gasteiger partial charge in [0.05, 0.1) is 25.3 Å². The molecule has 4 heteroatoms. The van der Waals surface area contributed by atoms with Gasteiger partial charge in [0, 0.05) is 0 Å². The lowest BCUT2D eigenvalue weighted by molar-refractivity contribution is 0.0551. The van der Waals surface area contributed by atoms with Gasteiger partial charge in [0.15, 0.2) is 0 Å². The Labute approximate surface area is 263 Å². The van der Waals surface area contributed by atoms with Gasteiger partial charge in [0.2, 0.25) is 0 Å². The van der Waals surface area contributed by atoms with Crippen LogP contribution in [-0.4, -0.2) is 26.2 Å². The van der Waals surface area contributed by atoms with Crippen molar-refractivity contribution >= 4 is 22.7 Å². The summed E-state index contributed by atoms with van der Waals surface area (Å²) in [5.41, 5.74) is 11.6. The molecule has 0 spiro atoms. The molecule has 0 aliphatic heterocycles. The van der Waals surface area contributed by atoms with Crippen molar-refractivity contribution in [1.82, 2.24) is 0 Å². The summed E-state index contributed by atoms with van der Waals surface area (Å²) in [6.45, 7) is 9.29.